The van der Waals surface area contributed by atoms with Gasteiger partial charge in [0.15, 0.2) is 5.78 Å². The van der Waals surface area contributed by atoms with E-state index >= 15 is 0 Å². The minimum absolute atomic E-state index is 0.0949. The molecule has 2 saturated carbocycles. The van der Waals surface area contributed by atoms with Gasteiger partial charge in [0.1, 0.15) is 18.0 Å². The average molecular weight is 348 g/mol. The molecule has 1 heterocycles. The molecule has 25 heavy (non-hydrogen) atoms. The van der Waals surface area contributed by atoms with Crippen molar-refractivity contribution in [2.24, 2.45) is 34.5 Å². The van der Waals surface area contributed by atoms with Crippen LogP contribution in [0.15, 0.2) is 11.6 Å². The third-order valence-electron chi connectivity index (χ3n) is 7.71. The Bertz CT molecular complexity index is 725. The molecule has 7 unspecified atom stereocenters. The number of carbonyl (C=O) groups is 3. The largest absolute Gasteiger partial charge is 0.459 e. The molecule has 4 aliphatic rings. The molecule has 2 N–H and O–H groups in total. The summed E-state index contributed by atoms with van der Waals surface area (Å²) in [4.78, 5) is 38.0. The van der Waals surface area contributed by atoms with E-state index in [-0.39, 0.29) is 24.0 Å². The van der Waals surface area contributed by atoms with E-state index in [1.54, 1.807) is 20.8 Å². The fourth-order valence-electron chi connectivity index (χ4n) is 6.55. The fourth-order valence-corrected chi connectivity index (χ4v) is 6.55. The molecule has 0 aromatic carbocycles. The van der Waals surface area contributed by atoms with Crippen LogP contribution in [0.25, 0.3) is 0 Å². The Kier molecular flexibility index (Phi) is 3.24. The van der Waals surface area contributed by atoms with Crippen LogP contribution in [0.3, 0.4) is 0 Å². The Hall–Kier alpha value is -1.53. The summed E-state index contributed by atoms with van der Waals surface area (Å²) in [7, 11) is 0. The molecule has 6 heteroatoms. The summed E-state index contributed by atoms with van der Waals surface area (Å²) in [6, 6.07) is 0. The fraction of sp³-hybridized carbons (Fsp3) is 0.737. The van der Waals surface area contributed by atoms with Gasteiger partial charge in [0, 0.05) is 29.1 Å². The minimum Gasteiger partial charge on any atom is -0.459 e. The molecule has 0 aromatic heterocycles. The topological polar surface area (TPSA) is 101 Å². The summed E-state index contributed by atoms with van der Waals surface area (Å²) < 4.78 is 5.41. The van der Waals surface area contributed by atoms with Crippen molar-refractivity contribution < 1.29 is 29.3 Å². The second-order valence-corrected chi connectivity index (χ2v) is 8.73. The van der Waals surface area contributed by atoms with Crippen molar-refractivity contribution in [3.63, 3.8) is 0 Å². The molecule has 6 nitrogen and oxygen atoms in total. The van der Waals surface area contributed by atoms with Gasteiger partial charge >= 0.3 is 5.97 Å². The quantitative estimate of drug-likeness (QED) is 0.623. The number of hydrogen-bond acceptors (Lipinski definition) is 6. The van der Waals surface area contributed by atoms with Crippen LogP contribution in [0.5, 0.6) is 0 Å². The highest BCUT2D eigenvalue weighted by Gasteiger charge is 2.74. The molecule has 3 aliphatic carbocycles. The van der Waals surface area contributed by atoms with Gasteiger partial charge in [0.05, 0.1) is 12.0 Å². The lowest BCUT2D eigenvalue weighted by atomic mass is 9.40. The maximum absolute atomic E-state index is 13.2. The minimum atomic E-state index is -1.31. The normalized spacial score (nSPS) is 54.6. The second kappa shape index (κ2) is 4.80. The predicted molar refractivity (Wildman–Crippen MR) is 86.1 cm³/mol. The Morgan fingerprint density at radius 3 is 2.48 bits per heavy atom. The van der Waals surface area contributed by atoms with Gasteiger partial charge in [-0.1, -0.05) is 26.3 Å². The first-order valence-electron chi connectivity index (χ1n) is 8.88. The number of fused-ring (bicyclic) bond motifs is 6. The van der Waals surface area contributed by atoms with Crippen molar-refractivity contribution in [1.82, 2.24) is 0 Å². The molecule has 136 valence electrons. The molecule has 1 saturated heterocycles. The third kappa shape index (κ3) is 1.70. The molecule has 0 radical (unpaired) electrons. The van der Waals surface area contributed by atoms with E-state index in [1.807, 2.05) is 6.92 Å². The van der Waals surface area contributed by atoms with Gasteiger partial charge in [-0.2, -0.15) is 0 Å². The van der Waals surface area contributed by atoms with Crippen LogP contribution >= 0.6 is 0 Å². The number of hydrogen-bond donors (Lipinski definition) is 2. The number of carbonyl (C=O) groups excluding carboxylic acids is 3. The maximum Gasteiger partial charge on any atom is 0.310 e. The Morgan fingerprint density at radius 2 is 1.84 bits per heavy atom. The lowest BCUT2D eigenvalue weighted by Crippen LogP contribution is -2.70. The van der Waals surface area contributed by atoms with E-state index in [2.05, 4.69) is 0 Å². The summed E-state index contributed by atoms with van der Waals surface area (Å²) in [5, 5.41) is 21.9. The van der Waals surface area contributed by atoms with E-state index in [0.717, 1.165) is 5.57 Å². The van der Waals surface area contributed by atoms with Gasteiger partial charge in [-0.15, -0.1) is 0 Å². The van der Waals surface area contributed by atoms with Gasteiger partial charge in [-0.05, 0) is 18.9 Å². The summed E-state index contributed by atoms with van der Waals surface area (Å²) in [5.41, 5.74) is -1.41. The number of Topliss-reactive ketones (excluding diaryl/α,β-unsaturated/α-hetero) is 1. The predicted octanol–water partition coefficient (Wildman–Crippen LogP) is 0.646. The molecular weight excluding hydrogens is 324 g/mol. The van der Waals surface area contributed by atoms with Crippen molar-refractivity contribution in [3.8, 4) is 0 Å². The van der Waals surface area contributed by atoms with Crippen LogP contribution in [-0.4, -0.2) is 46.1 Å². The van der Waals surface area contributed by atoms with Crippen LogP contribution in [0.1, 0.15) is 34.1 Å². The first-order valence-corrected chi connectivity index (χ1v) is 8.88. The van der Waals surface area contributed by atoms with Crippen LogP contribution < -0.4 is 0 Å². The zero-order valence-corrected chi connectivity index (χ0v) is 14.9. The van der Waals surface area contributed by atoms with E-state index in [9.17, 15) is 24.6 Å². The maximum atomic E-state index is 13.2. The number of allylic oxidation sites excluding steroid dienone is 1. The van der Waals surface area contributed by atoms with Crippen LogP contribution in [0, 0.1) is 34.5 Å². The van der Waals surface area contributed by atoms with Crippen LogP contribution in [0.4, 0.5) is 0 Å². The van der Waals surface area contributed by atoms with Crippen LogP contribution in [-0.2, 0) is 19.1 Å². The smallest absolute Gasteiger partial charge is 0.310 e. The molecule has 0 aromatic rings. The molecule has 0 spiro atoms. The number of rotatable bonds is 0. The highest BCUT2D eigenvalue weighted by Crippen LogP contribution is 2.66. The highest BCUT2D eigenvalue weighted by atomic mass is 16.6. The lowest BCUT2D eigenvalue weighted by molar-refractivity contribution is -0.208. The average Bonchev–Trinajstić information content (AvgIpc) is 2.78. The lowest BCUT2D eigenvalue weighted by Gasteiger charge is -2.62. The summed E-state index contributed by atoms with van der Waals surface area (Å²) in [6.07, 6.45) is -1.54. The van der Waals surface area contributed by atoms with E-state index in [4.69, 9.17) is 4.74 Å². The van der Waals surface area contributed by atoms with Gasteiger partial charge < -0.3 is 14.9 Å². The molecule has 0 amide bonds. The third-order valence-corrected chi connectivity index (χ3v) is 7.71. The first-order chi connectivity index (χ1) is 11.6. The summed E-state index contributed by atoms with van der Waals surface area (Å²) >= 11 is 0. The van der Waals surface area contributed by atoms with Gasteiger partial charge in [-0.25, -0.2) is 0 Å². The van der Waals surface area contributed by atoms with E-state index in [1.165, 1.54) is 6.08 Å². The number of aliphatic hydroxyl groups excluding tert-OH is 2. The second-order valence-electron chi connectivity index (χ2n) is 8.73. The number of ketones is 2. The number of aliphatic hydroxyl groups is 2. The number of esters is 1. The van der Waals surface area contributed by atoms with Crippen molar-refractivity contribution in [1.29, 1.82) is 0 Å². The zero-order valence-electron chi connectivity index (χ0n) is 14.9. The monoisotopic (exact) mass is 348 g/mol. The Morgan fingerprint density at radius 1 is 1.20 bits per heavy atom. The molecule has 4 rings (SSSR count). The van der Waals surface area contributed by atoms with Gasteiger partial charge in [0.25, 0.3) is 0 Å². The molecular formula is C19H24O6. The van der Waals surface area contributed by atoms with Gasteiger partial charge in [0.2, 0.25) is 0 Å². The molecule has 3 fully saturated rings. The standard InChI is InChI=1S/C19H24O6/c1-7-5-10(20)16(23)18(3)9(7)6-11(21)19(4)12-8(2)14(25-17(12)24)13(22)15(18)19/h5,8-9,12-16,22-23H,6H2,1-4H3/t8?,9?,12?,13?,14?,15?,16?,18-,19-/m0/s1. The number of ether oxygens (including phenoxy) is 1. The molecule has 2 bridgehead atoms. The zero-order chi connectivity index (χ0) is 18.5. The van der Waals surface area contributed by atoms with Crippen LogP contribution in [0.2, 0.25) is 0 Å². The van der Waals surface area contributed by atoms with E-state index in [0.29, 0.717) is 0 Å². The SMILES string of the molecule is CC1=CC(=O)C(O)[C@@]2(C)C1CC(=O)[C@@]1(C)C3C(=O)OC(C3C)C(O)C12. The van der Waals surface area contributed by atoms with Crippen molar-refractivity contribution in [3.05, 3.63) is 11.6 Å². The molecule has 1 aliphatic heterocycles. The van der Waals surface area contributed by atoms with Crippen molar-refractivity contribution in [2.75, 3.05) is 0 Å². The summed E-state index contributed by atoms with van der Waals surface area (Å²) in [6.45, 7) is 7.09. The molecule has 9 atom stereocenters. The van der Waals surface area contributed by atoms with Crippen molar-refractivity contribution in [2.45, 2.75) is 52.4 Å². The first kappa shape index (κ1) is 16.9. The van der Waals surface area contributed by atoms with E-state index < -0.39 is 52.7 Å². The van der Waals surface area contributed by atoms with Gasteiger partial charge in [-0.3, -0.25) is 14.4 Å². The van der Waals surface area contributed by atoms with Crippen molar-refractivity contribution >= 4 is 17.5 Å². The Labute approximate surface area is 146 Å². The Balaban J connectivity index is 1.96. The highest BCUT2D eigenvalue weighted by molar-refractivity contribution is 5.98. The summed E-state index contributed by atoms with van der Waals surface area (Å²) in [5.74, 6) is -2.93.